The van der Waals surface area contributed by atoms with E-state index in [1.54, 1.807) is 13.8 Å². The molecule has 0 heterocycles. The predicted octanol–water partition coefficient (Wildman–Crippen LogP) is 2.43. The number of aryl methyl sites for hydroxylation is 1. The minimum Gasteiger partial charge on any atom is -0.389 e. The molecule has 0 saturated heterocycles. The van der Waals surface area contributed by atoms with Gasteiger partial charge in [0.25, 0.3) is 0 Å². The van der Waals surface area contributed by atoms with E-state index in [2.05, 4.69) is 18.3 Å². The number of aliphatic hydroxyl groups is 1. The Hall–Kier alpha value is -1.02. The molecule has 0 bridgehead atoms. The summed E-state index contributed by atoms with van der Waals surface area (Å²) in [6.45, 7) is 6.30. The lowest BCUT2D eigenvalue weighted by Gasteiger charge is -2.19. The Morgan fingerprint density at radius 2 is 1.93 bits per heavy atom. The normalized spacial score (nSPS) is 11.4. The number of anilines is 1. The topological polar surface area (TPSA) is 32.3 Å². The first-order chi connectivity index (χ1) is 6.53. The first-order valence-corrected chi connectivity index (χ1v) is 5.07. The predicted molar refractivity (Wildman–Crippen MR) is 60.6 cm³/mol. The summed E-state index contributed by atoms with van der Waals surface area (Å²) in [6, 6.07) is 8.19. The molecule has 1 rings (SSSR count). The Morgan fingerprint density at radius 1 is 1.29 bits per heavy atom. The Labute approximate surface area is 86.0 Å². The second kappa shape index (κ2) is 4.47. The molecule has 2 nitrogen and oxygen atoms in total. The zero-order chi connectivity index (χ0) is 10.6. The van der Waals surface area contributed by atoms with Crippen molar-refractivity contribution in [1.29, 1.82) is 0 Å². The zero-order valence-corrected chi connectivity index (χ0v) is 9.17. The SMILES string of the molecule is CCc1ccccc1NCC(C)(C)O. The Kier molecular flexibility index (Phi) is 3.53. The van der Waals surface area contributed by atoms with Gasteiger partial charge in [-0.25, -0.2) is 0 Å². The lowest BCUT2D eigenvalue weighted by molar-refractivity contribution is 0.0945. The maximum Gasteiger partial charge on any atom is 0.0763 e. The van der Waals surface area contributed by atoms with Crippen molar-refractivity contribution in [2.24, 2.45) is 0 Å². The van der Waals surface area contributed by atoms with E-state index in [0.29, 0.717) is 6.54 Å². The first kappa shape index (κ1) is 11.1. The van der Waals surface area contributed by atoms with E-state index in [-0.39, 0.29) is 0 Å². The van der Waals surface area contributed by atoms with Gasteiger partial charge in [-0.3, -0.25) is 0 Å². The summed E-state index contributed by atoms with van der Waals surface area (Å²) >= 11 is 0. The first-order valence-electron chi connectivity index (χ1n) is 5.07. The van der Waals surface area contributed by atoms with E-state index in [9.17, 15) is 5.11 Å². The van der Waals surface area contributed by atoms with E-state index in [1.807, 2.05) is 18.2 Å². The van der Waals surface area contributed by atoms with Crippen LogP contribution in [0.2, 0.25) is 0 Å². The van der Waals surface area contributed by atoms with Crippen molar-refractivity contribution in [3.63, 3.8) is 0 Å². The molecule has 0 aromatic heterocycles. The molecule has 2 N–H and O–H groups in total. The van der Waals surface area contributed by atoms with Gasteiger partial charge >= 0.3 is 0 Å². The van der Waals surface area contributed by atoms with E-state index in [0.717, 1.165) is 12.1 Å². The summed E-state index contributed by atoms with van der Waals surface area (Å²) < 4.78 is 0. The number of hydrogen-bond donors (Lipinski definition) is 2. The van der Waals surface area contributed by atoms with Gasteiger partial charge in [-0.15, -0.1) is 0 Å². The van der Waals surface area contributed by atoms with Gasteiger partial charge in [0.05, 0.1) is 5.60 Å². The number of nitrogens with one attached hydrogen (secondary N) is 1. The minimum absolute atomic E-state index is 0.573. The molecule has 2 heteroatoms. The van der Waals surface area contributed by atoms with Crippen molar-refractivity contribution in [3.05, 3.63) is 29.8 Å². The molecule has 1 aromatic carbocycles. The molecule has 0 aliphatic carbocycles. The third-order valence-corrected chi connectivity index (χ3v) is 2.11. The van der Waals surface area contributed by atoms with Crippen LogP contribution in [0.15, 0.2) is 24.3 Å². The number of benzene rings is 1. The zero-order valence-electron chi connectivity index (χ0n) is 9.17. The third kappa shape index (κ3) is 3.38. The van der Waals surface area contributed by atoms with E-state index in [4.69, 9.17) is 0 Å². The summed E-state index contributed by atoms with van der Waals surface area (Å²) in [5.41, 5.74) is 1.75. The van der Waals surface area contributed by atoms with Crippen molar-refractivity contribution < 1.29 is 5.11 Å². The van der Waals surface area contributed by atoms with Crippen molar-refractivity contribution in [3.8, 4) is 0 Å². The monoisotopic (exact) mass is 193 g/mol. The van der Waals surface area contributed by atoms with Crippen LogP contribution in [0.4, 0.5) is 5.69 Å². The Balaban J connectivity index is 2.67. The smallest absolute Gasteiger partial charge is 0.0763 e. The minimum atomic E-state index is -0.666. The Morgan fingerprint density at radius 3 is 2.50 bits per heavy atom. The highest BCUT2D eigenvalue weighted by Crippen LogP contribution is 2.16. The summed E-state index contributed by atoms with van der Waals surface area (Å²) in [4.78, 5) is 0. The Bertz CT molecular complexity index is 289. The fraction of sp³-hybridized carbons (Fsp3) is 0.500. The van der Waals surface area contributed by atoms with Gasteiger partial charge in [-0.2, -0.15) is 0 Å². The van der Waals surface area contributed by atoms with Crippen molar-refractivity contribution in [2.45, 2.75) is 32.8 Å². The highest BCUT2D eigenvalue weighted by Gasteiger charge is 2.12. The molecule has 0 aliphatic rings. The van der Waals surface area contributed by atoms with Gasteiger partial charge in [-0.05, 0) is 31.9 Å². The van der Waals surface area contributed by atoms with Crippen LogP contribution in [-0.4, -0.2) is 17.3 Å². The number of hydrogen-bond acceptors (Lipinski definition) is 2. The van der Waals surface area contributed by atoms with E-state index in [1.165, 1.54) is 5.56 Å². The van der Waals surface area contributed by atoms with Crippen LogP contribution >= 0.6 is 0 Å². The molecule has 1 aromatic rings. The lowest BCUT2D eigenvalue weighted by atomic mass is 10.1. The highest BCUT2D eigenvalue weighted by molar-refractivity contribution is 5.51. The highest BCUT2D eigenvalue weighted by atomic mass is 16.3. The van der Waals surface area contributed by atoms with Gasteiger partial charge in [0, 0.05) is 12.2 Å². The summed E-state index contributed by atoms with van der Waals surface area (Å²) in [7, 11) is 0. The van der Waals surface area contributed by atoms with Crippen LogP contribution in [0.3, 0.4) is 0 Å². The van der Waals surface area contributed by atoms with Crippen molar-refractivity contribution >= 4 is 5.69 Å². The van der Waals surface area contributed by atoms with Crippen LogP contribution in [0.25, 0.3) is 0 Å². The lowest BCUT2D eigenvalue weighted by Crippen LogP contribution is -2.29. The second-order valence-electron chi connectivity index (χ2n) is 4.18. The molecular weight excluding hydrogens is 174 g/mol. The van der Waals surface area contributed by atoms with E-state index >= 15 is 0 Å². The third-order valence-electron chi connectivity index (χ3n) is 2.11. The second-order valence-corrected chi connectivity index (χ2v) is 4.18. The average Bonchev–Trinajstić information content (AvgIpc) is 2.14. The molecule has 0 fully saturated rings. The fourth-order valence-electron chi connectivity index (χ4n) is 1.31. The van der Waals surface area contributed by atoms with Gasteiger partial charge in [0.2, 0.25) is 0 Å². The van der Waals surface area contributed by atoms with Gasteiger partial charge in [0.15, 0.2) is 0 Å². The quantitative estimate of drug-likeness (QED) is 0.769. The molecule has 14 heavy (non-hydrogen) atoms. The van der Waals surface area contributed by atoms with Crippen LogP contribution in [0.5, 0.6) is 0 Å². The molecule has 0 unspecified atom stereocenters. The summed E-state index contributed by atoms with van der Waals surface area (Å²) in [5, 5.41) is 12.8. The van der Waals surface area contributed by atoms with Crippen LogP contribution in [0.1, 0.15) is 26.3 Å². The largest absolute Gasteiger partial charge is 0.389 e. The van der Waals surface area contributed by atoms with Gasteiger partial charge < -0.3 is 10.4 Å². The van der Waals surface area contributed by atoms with E-state index < -0.39 is 5.60 Å². The number of rotatable bonds is 4. The average molecular weight is 193 g/mol. The van der Waals surface area contributed by atoms with Crippen LogP contribution in [0, 0.1) is 0 Å². The van der Waals surface area contributed by atoms with Gasteiger partial charge in [-0.1, -0.05) is 25.1 Å². The molecule has 0 saturated carbocycles. The molecule has 0 atom stereocenters. The standard InChI is InChI=1S/C12H19NO/c1-4-10-7-5-6-8-11(10)13-9-12(2,3)14/h5-8,13-14H,4,9H2,1-3H3. The maximum absolute atomic E-state index is 9.58. The molecular formula is C12H19NO. The van der Waals surface area contributed by atoms with Crippen molar-refractivity contribution in [1.82, 2.24) is 0 Å². The summed E-state index contributed by atoms with van der Waals surface area (Å²) in [6.07, 6.45) is 1.01. The molecule has 78 valence electrons. The van der Waals surface area contributed by atoms with Gasteiger partial charge in [0.1, 0.15) is 0 Å². The maximum atomic E-state index is 9.58. The molecule has 0 spiro atoms. The van der Waals surface area contributed by atoms with Crippen LogP contribution in [-0.2, 0) is 6.42 Å². The molecule has 0 aliphatic heterocycles. The molecule has 0 radical (unpaired) electrons. The van der Waals surface area contributed by atoms with Crippen LogP contribution < -0.4 is 5.32 Å². The molecule has 0 amide bonds. The van der Waals surface area contributed by atoms with Crippen molar-refractivity contribution in [2.75, 3.05) is 11.9 Å². The fourth-order valence-corrected chi connectivity index (χ4v) is 1.31. The number of para-hydroxylation sites is 1. The summed E-state index contributed by atoms with van der Waals surface area (Å²) in [5.74, 6) is 0.